The topological polar surface area (TPSA) is 55.0 Å². The van der Waals surface area contributed by atoms with Gasteiger partial charge in [0, 0.05) is 29.5 Å². The number of anilines is 1. The summed E-state index contributed by atoms with van der Waals surface area (Å²) in [5.74, 6) is 0. The molecule has 114 valence electrons. The van der Waals surface area contributed by atoms with Crippen LogP contribution in [0.15, 0.2) is 31.9 Å². The van der Waals surface area contributed by atoms with Gasteiger partial charge in [-0.25, -0.2) is 0 Å². The van der Waals surface area contributed by atoms with E-state index < -0.39 is 0 Å². The molecule has 2 rings (SSSR count). The van der Waals surface area contributed by atoms with Gasteiger partial charge in [0.25, 0.3) is 0 Å². The van der Waals surface area contributed by atoms with Crippen LogP contribution in [-0.4, -0.2) is 30.3 Å². The van der Waals surface area contributed by atoms with Gasteiger partial charge in [-0.1, -0.05) is 52.0 Å². The first-order valence-corrected chi connectivity index (χ1v) is 9.15. The highest BCUT2D eigenvalue weighted by Crippen LogP contribution is 2.34. The maximum atomic E-state index is 6.02. The first-order valence-electron chi connectivity index (χ1n) is 6.72. The minimum Gasteiger partial charge on any atom is -0.353 e. The Bertz CT molecular complexity index is 600. The highest BCUT2D eigenvalue weighted by molar-refractivity contribution is 9.10. The van der Waals surface area contributed by atoms with Crippen LogP contribution in [0.1, 0.15) is 18.9 Å². The molecule has 1 heterocycles. The normalized spacial score (nSPS) is 12.4. The van der Waals surface area contributed by atoms with E-state index in [1.807, 2.05) is 19.0 Å². The van der Waals surface area contributed by atoms with Crippen LogP contribution in [0.5, 0.6) is 0 Å². The smallest absolute Gasteiger partial charge is 0.208 e. The predicted molar refractivity (Wildman–Crippen MR) is 94.5 cm³/mol. The summed E-state index contributed by atoms with van der Waals surface area (Å²) in [6.07, 6.45) is 1.88. The third-order valence-electron chi connectivity index (χ3n) is 3.01. The molecule has 7 heteroatoms. The van der Waals surface area contributed by atoms with E-state index in [1.165, 1.54) is 5.56 Å². The van der Waals surface area contributed by atoms with Gasteiger partial charge in [0.2, 0.25) is 5.13 Å². The van der Waals surface area contributed by atoms with Crippen molar-refractivity contribution in [2.24, 2.45) is 5.73 Å². The molecule has 0 amide bonds. The molecule has 2 N–H and O–H groups in total. The van der Waals surface area contributed by atoms with Crippen molar-refractivity contribution in [1.29, 1.82) is 0 Å². The van der Waals surface area contributed by atoms with Crippen molar-refractivity contribution in [2.75, 3.05) is 19.0 Å². The molecule has 2 aromatic rings. The third-order valence-corrected chi connectivity index (χ3v) is 5.88. The lowest BCUT2D eigenvalue weighted by Gasteiger charge is -2.11. The lowest BCUT2D eigenvalue weighted by Crippen LogP contribution is -2.21. The molecular weight excluding hydrogens is 368 g/mol. The van der Waals surface area contributed by atoms with Crippen LogP contribution in [0.25, 0.3) is 0 Å². The van der Waals surface area contributed by atoms with Gasteiger partial charge in [-0.3, -0.25) is 0 Å². The Labute approximate surface area is 142 Å². The van der Waals surface area contributed by atoms with E-state index in [1.54, 1.807) is 23.1 Å². The van der Waals surface area contributed by atoms with Crippen LogP contribution in [0, 0.1) is 0 Å². The van der Waals surface area contributed by atoms with E-state index in [-0.39, 0.29) is 6.04 Å². The second kappa shape index (κ2) is 7.58. The molecule has 1 unspecified atom stereocenters. The van der Waals surface area contributed by atoms with E-state index in [0.717, 1.165) is 31.7 Å². The van der Waals surface area contributed by atoms with Gasteiger partial charge in [-0.15, -0.1) is 10.2 Å². The molecular formula is C14H19BrN4S2. The summed E-state index contributed by atoms with van der Waals surface area (Å²) >= 11 is 6.86. The van der Waals surface area contributed by atoms with Crippen molar-refractivity contribution in [3.63, 3.8) is 0 Å². The number of hydrogen-bond acceptors (Lipinski definition) is 6. The summed E-state index contributed by atoms with van der Waals surface area (Å²) < 4.78 is 2.05. The number of nitrogens with two attached hydrogens (primary N) is 1. The number of rotatable bonds is 6. The van der Waals surface area contributed by atoms with Gasteiger partial charge in [0.05, 0.1) is 0 Å². The van der Waals surface area contributed by atoms with Gasteiger partial charge < -0.3 is 10.6 Å². The molecule has 0 radical (unpaired) electrons. The fourth-order valence-corrected chi connectivity index (χ4v) is 4.18. The van der Waals surface area contributed by atoms with E-state index >= 15 is 0 Å². The Balaban J connectivity index is 2.08. The maximum absolute atomic E-state index is 6.02. The first kappa shape index (κ1) is 16.7. The number of aromatic nitrogens is 2. The summed E-state index contributed by atoms with van der Waals surface area (Å²) in [5, 5.41) is 9.27. The molecule has 0 fully saturated rings. The molecule has 0 saturated heterocycles. The van der Waals surface area contributed by atoms with E-state index in [0.29, 0.717) is 0 Å². The molecule has 0 saturated carbocycles. The molecule has 1 aromatic carbocycles. The van der Waals surface area contributed by atoms with E-state index in [4.69, 9.17) is 5.73 Å². The standard InChI is InChI=1S/C14H19BrN4S2/c1-4-10(16)7-9-5-6-11(8-12(9)15)20-14-18-17-13(21-14)19(2)3/h5-6,8,10H,4,7,16H2,1-3H3. The summed E-state index contributed by atoms with van der Waals surface area (Å²) in [7, 11) is 3.94. The van der Waals surface area contributed by atoms with Crippen LogP contribution in [-0.2, 0) is 6.42 Å². The van der Waals surface area contributed by atoms with Crippen LogP contribution >= 0.6 is 39.0 Å². The molecule has 21 heavy (non-hydrogen) atoms. The van der Waals surface area contributed by atoms with E-state index in [2.05, 4.69) is 51.3 Å². The van der Waals surface area contributed by atoms with Gasteiger partial charge in [0.1, 0.15) is 0 Å². The van der Waals surface area contributed by atoms with E-state index in [9.17, 15) is 0 Å². The Morgan fingerprint density at radius 1 is 1.38 bits per heavy atom. The van der Waals surface area contributed by atoms with Gasteiger partial charge in [0.15, 0.2) is 4.34 Å². The highest BCUT2D eigenvalue weighted by Gasteiger charge is 2.10. The average molecular weight is 387 g/mol. The SMILES string of the molecule is CCC(N)Cc1ccc(Sc2nnc(N(C)C)s2)cc1Br. The number of hydrogen-bond donors (Lipinski definition) is 1. The Morgan fingerprint density at radius 2 is 2.14 bits per heavy atom. The zero-order chi connectivity index (χ0) is 15.4. The molecule has 0 aliphatic rings. The van der Waals surface area contributed by atoms with Crippen LogP contribution in [0.3, 0.4) is 0 Å². The number of nitrogens with zero attached hydrogens (tertiary/aromatic N) is 3. The highest BCUT2D eigenvalue weighted by atomic mass is 79.9. The number of benzene rings is 1. The minimum atomic E-state index is 0.214. The fraction of sp³-hybridized carbons (Fsp3) is 0.429. The maximum Gasteiger partial charge on any atom is 0.208 e. The first-order chi connectivity index (χ1) is 9.99. The van der Waals surface area contributed by atoms with Crippen molar-refractivity contribution >= 4 is 44.2 Å². The molecule has 4 nitrogen and oxygen atoms in total. The molecule has 1 atom stereocenters. The van der Waals surface area contributed by atoms with Crippen molar-refractivity contribution in [3.05, 3.63) is 28.2 Å². The summed E-state index contributed by atoms with van der Waals surface area (Å²) in [6.45, 7) is 2.11. The van der Waals surface area contributed by atoms with Gasteiger partial charge >= 0.3 is 0 Å². The van der Waals surface area contributed by atoms with Crippen molar-refractivity contribution in [3.8, 4) is 0 Å². The summed E-state index contributed by atoms with van der Waals surface area (Å²) in [4.78, 5) is 3.12. The second-order valence-electron chi connectivity index (χ2n) is 4.97. The van der Waals surface area contributed by atoms with Crippen molar-refractivity contribution in [2.45, 2.75) is 35.0 Å². The fourth-order valence-electron chi connectivity index (χ4n) is 1.71. The third kappa shape index (κ3) is 4.67. The molecule has 0 aliphatic carbocycles. The van der Waals surface area contributed by atoms with Crippen LogP contribution in [0.2, 0.25) is 0 Å². The van der Waals surface area contributed by atoms with Crippen LogP contribution < -0.4 is 10.6 Å². The zero-order valence-electron chi connectivity index (χ0n) is 12.3. The lowest BCUT2D eigenvalue weighted by atomic mass is 10.1. The molecule has 0 bridgehead atoms. The summed E-state index contributed by atoms with van der Waals surface area (Å²) in [6, 6.07) is 6.59. The predicted octanol–water partition coefficient (Wildman–Crippen LogP) is 3.80. The van der Waals surface area contributed by atoms with Gasteiger partial charge in [-0.05, 0) is 30.5 Å². The molecule has 0 spiro atoms. The Hall–Kier alpha value is -0.630. The van der Waals surface area contributed by atoms with Crippen molar-refractivity contribution in [1.82, 2.24) is 10.2 Å². The summed E-state index contributed by atoms with van der Waals surface area (Å²) in [5.41, 5.74) is 7.27. The molecule has 0 aliphatic heterocycles. The average Bonchev–Trinajstić information content (AvgIpc) is 2.90. The Kier molecular flexibility index (Phi) is 6.04. The van der Waals surface area contributed by atoms with Crippen LogP contribution in [0.4, 0.5) is 5.13 Å². The van der Waals surface area contributed by atoms with Crippen molar-refractivity contribution < 1.29 is 0 Å². The Morgan fingerprint density at radius 3 is 2.71 bits per heavy atom. The quantitative estimate of drug-likeness (QED) is 0.817. The largest absolute Gasteiger partial charge is 0.353 e. The second-order valence-corrected chi connectivity index (χ2v) is 8.10. The lowest BCUT2D eigenvalue weighted by molar-refractivity contribution is 0.645. The monoisotopic (exact) mass is 386 g/mol. The van der Waals surface area contributed by atoms with Gasteiger partial charge in [-0.2, -0.15) is 0 Å². The minimum absolute atomic E-state index is 0.214. The number of halogens is 1. The molecule has 1 aromatic heterocycles. The zero-order valence-corrected chi connectivity index (χ0v) is 15.6.